The monoisotopic (exact) mass is 266 g/mol. The normalized spacial score (nSPS) is 10.8. The Bertz CT molecular complexity index is 554. The summed E-state index contributed by atoms with van der Waals surface area (Å²) in [6.07, 6.45) is 4.55. The molecule has 1 aromatic heterocycles. The van der Waals surface area contributed by atoms with Crippen molar-refractivity contribution in [1.82, 2.24) is 14.9 Å². The second-order valence-electron chi connectivity index (χ2n) is 3.32. The molecule has 0 aliphatic carbocycles. The van der Waals surface area contributed by atoms with Gasteiger partial charge >= 0.3 is 0 Å². The highest BCUT2D eigenvalue weighted by Crippen LogP contribution is 2.32. The second-order valence-corrected chi connectivity index (χ2v) is 3.72. The number of nitrogens with zero attached hydrogens (tertiary/aromatic N) is 4. The molecular formula is C11H11ClN4O2. The summed E-state index contributed by atoms with van der Waals surface area (Å²) in [6.45, 7) is 0. The number of benzene rings is 1. The van der Waals surface area contributed by atoms with Crippen LogP contribution in [0.4, 0.5) is 0 Å². The smallest absolute Gasteiger partial charge is 0.162 e. The minimum absolute atomic E-state index is 0.518. The van der Waals surface area contributed by atoms with Gasteiger partial charge in [-0.25, -0.2) is 4.68 Å². The number of methoxy groups -OCH3 is 2. The molecule has 2 rings (SSSR count). The zero-order chi connectivity index (χ0) is 13.0. The first-order valence-corrected chi connectivity index (χ1v) is 5.43. The predicted octanol–water partition coefficient (Wildman–Crippen LogP) is 1.83. The summed E-state index contributed by atoms with van der Waals surface area (Å²) >= 11 is 6.11. The van der Waals surface area contributed by atoms with Gasteiger partial charge in [-0.15, -0.1) is 10.2 Å². The summed E-state index contributed by atoms with van der Waals surface area (Å²) in [6, 6.07) is 3.42. The molecule has 0 radical (unpaired) electrons. The maximum atomic E-state index is 6.11. The Kier molecular flexibility index (Phi) is 3.78. The van der Waals surface area contributed by atoms with Crippen molar-refractivity contribution < 1.29 is 9.47 Å². The van der Waals surface area contributed by atoms with E-state index < -0.39 is 0 Å². The summed E-state index contributed by atoms with van der Waals surface area (Å²) in [5.74, 6) is 1.16. The third-order valence-corrected chi connectivity index (χ3v) is 2.57. The Morgan fingerprint density at radius 2 is 1.78 bits per heavy atom. The van der Waals surface area contributed by atoms with Gasteiger partial charge in [0.25, 0.3) is 0 Å². The molecule has 7 heteroatoms. The van der Waals surface area contributed by atoms with Gasteiger partial charge in [0.2, 0.25) is 0 Å². The lowest BCUT2D eigenvalue weighted by Gasteiger charge is -2.09. The molecule has 0 bridgehead atoms. The second kappa shape index (κ2) is 5.50. The molecule has 1 heterocycles. The Morgan fingerprint density at radius 1 is 1.17 bits per heavy atom. The number of hydrogen-bond acceptors (Lipinski definition) is 5. The van der Waals surface area contributed by atoms with E-state index in [0.29, 0.717) is 22.1 Å². The summed E-state index contributed by atoms with van der Waals surface area (Å²) in [5.41, 5.74) is 0.711. The van der Waals surface area contributed by atoms with Crippen LogP contribution in [0.1, 0.15) is 5.56 Å². The molecule has 2 aromatic rings. The zero-order valence-electron chi connectivity index (χ0n) is 9.87. The molecule has 6 nitrogen and oxygen atoms in total. The van der Waals surface area contributed by atoms with Crippen LogP contribution in [0.2, 0.25) is 5.02 Å². The van der Waals surface area contributed by atoms with Gasteiger partial charge in [-0.05, 0) is 6.07 Å². The maximum absolute atomic E-state index is 6.11. The molecule has 0 N–H and O–H groups in total. The first-order valence-electron chi connectivity index (χ1n) is 5.05. The Morgan fingerprint density at radius 3 is 2.39 bits per heavy atom. The third-order valence-electron chi connectivity index (χ3n) is 2.24. The maximum Gasteiger partial charge on any atom is 0.162 e. The Labute approximate surface area is 109 Å². The van der Waals surface area contributed by atoms with E-state index in [1.807, 2.05) is 0 Å². The van der Waals surface area contributed by atoms with Gasteiger partial charge in [0.15, 0.2) is 11.5 Å². The molecule has 0 saturated heterocycles. The molecule has 0 aliphatic heterocycles. The Hall–Kier alpha value is -2.08. The van der Waals surface area contributed by atoms with E-state index in [0.717, 1.165) is 0 Å². The molecule has 1 aromatic carbocycles. The molecule has 0 fully saturated rings. The average molecular weight is 267 g/mol. The summed E-state index contributed by atoms with van der Waals surface area (Å²) in [5, 5.41) is 11.9. The van der Waals surface area contributed by atoms with E-state index in [1.54, 1.807) is 32.6 Å². The molecule has 0 unspecified atom stereocenters. The summed E-state index contributed by atoms with van der Waals surface area (Å²) in [4.78, 5) is 0. The minimum atomic E-state index is 0.518. The van der Waals surface area contributed by atoms with Gasteiger partial charge in [-0.3, -0.25) is 0 Å². The number of ether oxygens (including phenoxy) is 2. The van der Waals surface area contributed by atoms with Crippen LogP contribution in [0.15, 0.2) is 29.9 Å². The van der Waals surface area contributed by atoms with Crippen molar-refractivity contribution >= 4 is 17.8 Å². The van der Waals surface area contributed by atoms with Crippen LogP contribution in [0.3, 0.4) is 0 Å². The lowest BCUT2D eigenvalue weighted by Crippen LogP contribution is -1.94. The highest BCUT2D eigenvalue weighted by Gasteiger charge is 2.08. The van der Waals surface area contributed by atoms with E-state index in [2.05, 4.69) is 15.3 Å². The van der Waals surface area contributed by atoms with Gasteiger partial charge in [-0.1, -0.05) is 11.6 Å². The quantitative estimate of drug-likeness (QED) is 0.792. The minimum Gasteiger partial charge on any atom is -0.493 e. The van der Waals surface area contributed by atoms with Gasteiger partial charge in [0.05, 0.1) is 25.5 Å². The van der Waals surface area contributed by atoms with E-state index in [1.165, 1.54) is 17.3 Å². The topological polar surface area (TPSA) is 61.5 Å². The molecular weight excluding hydrogens is 256 g/mol. The number of aromatic nitrogens is 3. The largest absolute Gasteiger partial charge is 0.493 e. The first-order chi connectivity index (χ1) is 8.74. The van der Waals surface area contributed by atoms with E-state index >= 15 is 0 Å². The van der Waals surface area contributed by atoms with Crippen molar-refractivity contribution in [3.05, 3.63) is 35.4 Å². The van der Waals surface area contributed by atoms with Gasteiger partial charge in [0.1, 0.15) is 12.7 Å². The standard InChI is InChI=1S/C11H11ClN4O2/c1-17-10-3-8(9(12)4-11(10)18-2)5-15-16-6-13-14-7-16/h3-7H,1-2H3/b15-5+. The SMILES string of the molecule is COc1cc(Cl)c(/C=N/n2cnnc2)cc1OC. The van der Waals surface area contributed by atoms with Crippen LogP contribution in [0.25, 0.3) is 0 Å². The van der Waals surface area contributed by atoms with Gasteiger partial charge in [0, 0.05) is 11.6 Å². The number of rotatable bonds is 4. The molecule has 0 aliphatic rings. The molecule has 0 saturated carbocycles. The van der Waals surface area contributed by atoms with Crippen LogP contribution in [-0.2, 0) is 0 Å². The Balaban J connectivity index is 2.33. The highest BCUT2D eigenvalue weighted by molar-refractivity contribution is 6.33. The van der Waals surface area contributed by atoms with E-state index in [9.17, 15) is 0 Å². The van der Waals surface area contributed by atoms with Crippen LogP contribution < -0.4 is 9.47 Å². The van der Waals surface area contributed by atoms with Crippen molar-refractivity contribution in [2.75, 3.05) is 14.2 Å². The predicted molar refractivity (Wildman–Crippen MR) is 67.6 cm³/mol. The van der Waals surface area contributed by atoms with Gasteiger partial charge in [-0.2, -0.15) is 5.10 Å². The average Bonchev–Trinajstić information content (AvgIpc) is 2.90. The van der Waals surface area contributed by atoms with Crippen molar-refractivity contribution in [1.29, 1.82) is 0 Å². The van der Waals surface area contributed by atoms with Crippen LogP contribution in [-0.4, -0.2) is 35.3 Å². The number of halogens is 1. The molecule has 18 heavy (non-hydrogen) atoms. The summed E-state index contributed by atoms with van der Waals surface area (Å²) < 4.78 is 11.8. The van der Waals surface area contributed by atoms with E-state index in [-0.39, 0.29) is 0 Å². The fraction of sp³-hybridized carbons (Fsp3) is 0.182. The van der Waals surface area contributed by atoms with Gasteiger partial charge < -0.3 is 9.47 Å². The van der Waals surface area contributed by atoms with Crippen molar-refractivity contribution in [3.63, 3.8) is 0 Å². The van der Waals surface area contributed by atoms with E-state index in [4.69, 9.17) is 21.1 Å². The fourth-order valence-electron chi connectivity index (χ4n) is 1.35. The lowest BCUT2D eigenvalue weighted by molar-refractivity contribution is 0.355. The summed E-state index contributed by atoms with van der Waals surface area (Å²) in [7, 11) is 3.12. The van der Waals surface area contributed by atoms with Crippen LogP contribution >= 0.6 is 11.6 Å². The van der Waals surface area contributed by atoms with Crippen molar-refractivity contribution in [2.24, 2.45) is 5.10 Å². The zero-order valence-corrected chi connectivity index (χ0v) is 10.6. The van der Waals surface area contributed by atoms with Crippen molar-refractivity contribution in [3.8, 4) is 11.5 Å². The molecule has 0 spiro atoms. The molecule has 0 atom stereocenters. The fourth-order valence-corrected chi connectivity index (χ4v) is 1.56. The lowest BCUT2D eigenvalue weighted by atomic mass is 10.2. The van der Waals surface area contributed by atoms with Crippen molar-refractivity contribution in [2.45, 2.75) is 0 Å². The molecule has 0 amide bonds. The molecule has 94 valence electrons. The first kappa shape index (κ1) is 12.4. The van der Waals surface area contributed by atoms with Crippen LogP contribution in [0, 0.1) is 0 Å². The number of hydrogen-bond donors (Lipinski definition) is 0. The third kappa shape index (κ3) is 2.60. The highest BCUT2D eigenvalue weighted by atomic mass is 35.5. The van der Waals surface area contributed by atoms with Crippen LogP contribution in [0.5, 0.6) is 11.5 Å².